The number of amides is 3. The van der Waals surface area contributed by atoms with Gasteiger partial charge in [0.1, 0.15) is 0 Å². The third kappa shape index (κ3) is 4.99. The van der Waals surface area contributed by atoms with Crippen LogP contribution in [0, 0.1) is 11.8 Å². The van der Waals surface area contributed by atoms with Crippen LogP contribution >= 0.6 is 0 Å². The maximum Gasteiger partial charge on any atom is 0.317 e. The number of likely N-dealkylation sites (tertiary alicyclic amines) is 1. The predicted molar refractivity (Wildman–Crippen MR) is 105 cm³/mol. The maximum absolute atomic E-state index is 12.7. The summed E-state index contributed by atoms with van der Waals surface area (Å²) in [4.78, 5) is 25.8. The fourth-order valence-electron chi connectivity index (χ4n) is 3.49. The second-order valence-electron chi connectivity index (χ2n) is 7.81. The van der Waals surface area contributed by atoms with Gasteiger partial charge in [-0.1, -0.05) is 52.0 Å². The monoisotopic (exact) mass is 359 g/mol. The summed E-state index contributed by atoms with van der Waals surface area (Å²) in [5.74, 6) is 0.471. The minimum atomic E-state index is -0.258. The van der Waals surface area contributed by atoms with Crippen molar-refractivity contribution in [2.45, 2.75) is 58.9 Å². The van der Waals surface area contributed by atoms with Crippen LogP contribution in [-0.2, 0) is 4.79 Å². The molecule has 3 amide bonds. The number of nitrogens with zero attached hydrogens (tertiary/aromatic N) is 1. The van der Waals surface area contributed by atoms with Gasteiger partial charge in [0, 0.05) is 19.0 Å². The van der Waals surface area contributed by atoms with Crippen LogP contribution < -0.4 is 11.1 Å². The third-order valence-corrected chi connectivity index (χ3v) is 5.61. The molecule has 0 aromatic heterocycles. The molecule has 26 heavy (non-hydrogen) atoms. The number of primary amides is 1. The number of nitrogens with two attached hydrogens (primary N) is 1. The van der Waals surface area contributed by atoms with E-state index in [9.17, 15) is 9.59 Å². The van der Waals surface area contributed by atoms with E-state index in [1.54, 1.807) is 4.90 Å². The van der Waals surface area contributed by atoms with Crippen molar-refractivity contribution in [3.05, 3.63) is 35.4 Å². The van der Waals surface area contributed by atoms with Gasteiger partial charge in [0.05, 0.1) is 6.04 Å². The van der Waals surface area contributed by atoms with E-state index in [-0.39, 0.29) is 29.8 Å². The molecule has 1 aromatic carbocycles. The number of benzene rings is 1. The predicted octanol–water partition coefficient (Wildman–Crippen LogP) is 3.80. The van der Waals surface area contributed by atoms with E-state index in [1.807, 2.05) is 0 Å². The Morgan fingerprint density at radius 1 is 1.12 bits per heavy atom. The molecule has 1 saturated heterocycles. The topological polar surface area (TPSA) is 75.4 Å². The second-order valence-corrected chi connectivity index (χ2v) is 7.81. The van der Waals surface area contributed by atoms with Crippen LogP contribution in [0.15, 0.2) is 24.3 Å². The normalized spacial score (nSPS) is 17.8. The molecule has 1 fully saturated rings. The lowest BCUT2D eigenvalue weighted by molar-refractivity contribution is -0.123. The minimum Gasteiger partial charge on any atom is -0.369 e. The molecule has 5 heteroatoms. The zero-order valence-corrected chi connectivity index (χ0v) is 16.5. The quantitative estimate of drug-likeness (QED) is 0.810. The fourth-order valence-corrected chi connectivity index (χ4v) is 3.49. The maximum atomic E-state index is 12.7. The highest BCUT2D eigenvalue weighted by molar-refractivity contribution is 5.78. The Morgan fingerprint density at radius 2 is 1.65 bits per heavy atom. The molecule has 1 aromatic rings. The molecule has 3 N–H and O–H groups in total. The van der Waals surface area contributed by atoms with E-state index < -0.39 is 0 Å². The highest BCUT2D eigenvalue weighted by atomic mass is 16.2. The van der Waals surface area contributed by atoms with Gasteiger partial charge in [-0.15, -0.1) is 0 Å². The molecule has 0 unspecified atom stereocenters. The zero-order chi connectivity index (χ0) is 19.3. The average Bonchev–Trinajstić information content (AvgIpc) is 2.65. The number of urea groups is 1. The molecule has 2 atom stereocenters. The van der Waals surface area contributed by atoms with E-state index in [0.29, 0.717) is 31.8 Å². The number of carbonyl (C=O) groups is 2. The first-order valence-electron chi connectivity index (χ1n) is 9.78. The summed E-state index contributed by atoms with van der Waals surface area (Å²) >= 11 is 0. The van der Waals surface area contributed by atoms with Crippen molar-refractivity contribution in [3.8, 4) is 0 Å². The number of piperidine rings is 1. The van der Waals surface area contributed by atoms with Gasteiger partial charge in [0.2, 0.25) is 5.91 Å². The number of nitrogens with one attached hydrogen (secondary N) is 1. The van der Waals surface area contributed by atoms with Crippen molar-refractivity contribution < 1.29 is 9.59 Å². The molecule has 1 aliphatic rings. The zero-order valence-electron chi connectivity index (χ0n) is 16.5. The first-order valence-corrected chi connectivity index (χ1v) is 9.78. The molecule has 5 nitrogen and oxygen atoms in total. The van der Waals surface area contributed by atoms with E-state index in [4.69, 9.17) is 5.73 Å². The summed E-state index contributed by atoms with van der Waals surface area (Å²) in [6, 6.07) is 8.52. The number of hydrogen-bond acceptors (Lipinski definition) is 2. The van der Waals surface area contributed by atoms with Crippen molar-refractivity contribution >= 4 is 11.9 Å². The smallest absolute Gasteiger partial charge is 0.317 e. The molecule has 0 bridgehead atoms. The highest BCUT2D eigenvalue weighted by Crippen LogP contribution is 2.26. The highest BCUT2D eigenvalue weighted by Gasteiger charge is 2.28. The summed E-state index contributed by atoms with van der Waals surface area (Å²) in [6.45, 7) is 9.82. The van der Waals surface area contributed by atoms with Crippen molar-refractivity contribution in [2.24, 2.45) is 17.6 Å². The Kier molecular flexibility index (Phi) is 7.06. The Hall–Kier alpha value is -2.04. The third-order valence-electron chi connectivity index (χ3n) is 5.61. The standard InChI is InChI=1S/C21H33N3O2/c1-5-15(4)16-6-8-17(9-7-16)19(14(2)3)23-21(26)24-12-10-18(11-13-24)20(22)25/h6-9,14-15,18-19H,5,10-13H2,1-4H3,(H2,22,25)(H,23,26)/t15-,19+/m0/s1. The van der Waals surface area contributed by atoms with Gasteiger partial charge in [-0.25, -0.2) is 4.79 Å². The van der Waals surface area contributed by atoms with Crippen LogP contribution in [0.25, 0.3) is 0 Å². The van der Waals surface area contributed by atoms with Crippen LogP contribution in [-0.4, -0.2) is 29.9 Å². The molecular formula is C21H33N3O2. The van der Waals surface area contributed by atoms with E-state index >= 15 is 0 Å². The van der Waals surface area contributed by atoms with Crippen molar-refractivity contribution in [1.82, 2.24) is 10.2 Å². The lowest BCUT2D eigenvalue weighted by Gasteiger charge is -2.33. The van der Waals surface area contributed by atoms with Crippen LogP contribution in [0.5, 0.6) is 0 Å². The van der Waals surface area contributed by atoms with Gasteiger partial charge >= 0.3 is 6.03 Å². The van der Waals surface area contributed by atoms with Gasteiger partial charge in [-0.05, 0) is 42.2 Å². The fraction of sp³-hybridized carbons (Fsp3) is 0.619. The Morgan fingerprint density at radius 3 is 2.12 bits per heavy atom. The van der Waals surface area contributed by atoms with E-state index in [0.717, 1.165) is 12.0 Å². The molecule has 0 spiro atoms. The SMILES string of the molecule is CC[C@H](C)c1ccc([C@H](NC(=O)N2CCC(C(N)=O)CC2)C(C)C)cc1. The summed E-state index contributed by atoms with van der Waals surface area (Å²) in [7, 11) is 0. The largest absolute Gasteiger partial charge is 0.369 e. The van der Waals surface area contributed by atoms with E-state index in [1.165, 1.54) is 5.56 Å². The number of rotatable bonds is 6. The van der Waals surface area contributed by atoms with Crippen LogP contribution in [0.4, 0.5) is 4.79 Å². The number of carbonyl (C=O) groups excluding carboxylic acids is 2. The van der Waals surface area contributed by atoms with Crippen LogP contribution in [0.1, 0.15) is 70.0 Å². The number of hydrogen-bond donors (Lipinski definition) is 2. The molecule has 0 aliphatic carbocycles. The molecule has 0 saturated carbocycles. The minimum absolute atomic E-state index is 0.0256. The Bertz CT molecular complexity index is 604. The first kappa shape index (κ1) is 20.3. The summed E-state index contributed by atoms with van der Waals surface area (Å²) in [5.41, 5.74) is 7.83. The lowest BCUT2D eigenvalue weighted by Crippen LogP contribution is -2.47. The Labute approximate surface area is 157 Å². The van der Waals surface area contributed by atoms with Gasteiger partial charge in [0.15, 0.2) is 0 Å². The summed E-state index contributed by atoms with van der Waals surface area (Å²) < 4.78 is 0. The summed E-state index contributed by atoms with van der Waals surface area (Å²) in [6.07, 6.45) is 2.42. The van der Waals surface area contributed by atoms with Gasteiger partial charge < -0.3 is 16.0 Å². The first-order chi connectivity index (χ1) is 12.3. The van der Waals surface area contributed by atoms with Crippen molar-refractivity contribution in [2.75, 3.05) is 13.1 Å². The lowest BCUT2D eigenvalue weighted by atomic mass is 9.92. The molecule has 144 valence electrons. The molecule has 1 aliphatic heterocycles. The van der Waals surface area contributed by atoms with Gasteiger partial charge in [-0.3, -0.25) is 4.79 Å². The molecule has 2 rings (SSSR count). The van der Waals surface area contributed by atoms with E-state index in [2.05, 4.69) is 57.3 Å². The van der Waals surface area contributed by atoms with Gasteiger partial charge in [-0.2, -0.15) is 0 Å². The molecular weight excluding hydrogens is 326 g/mol. The van der Waals surface area contributed by atoms with Gasteiger partial charge in [0.25, 0.3) is 0 Å². The van der Waals surface area contributed by atoms with Crippen LogP contribution in [0.3, 0.4) is 0 Å². The summed E-state index contributed by atoms with van der Waals surface area (Å²) in [5, 5.41) is 3.18. The van der Waals surface area contributed by atoms with Crippen LogP contribution in [0.2, 0.25) is 0 Å². The average molecular weight is 360 g/mol. The molecule has 1 heterocycles. The van der Waals surface area contributed by atoms with Crippen molar-refractivity contribution in [1.29, 1.82) is 0 Å². The molecule has 0 radical (unpaired) electrons. The second kappa shape index (κ2) is 9.06. The van der Waals surface area contributed by atoms with Crippen molar-refractivity contribution in [3.63, 3.8) is 0 Å². The Balaban J connectivity index is 2.02.